The van der Waals surface area contributed by atoms with E-state index in [4.69, 9.17) is 5.26 Å². The zero-order valence-electron chi connectivity index (χ0n) is 5.48. The van der Waals surface area contributed by atoms with Crippen molar-refractivity contribution in [1.82, 2.24) is 9.97 Å². The first-order valence-corrected chi connectivity index (χ1v) is 3.71. The number of hydrogen-bond donors (Lipinski definition) is 1. The van der Waals surface area contributed by atoms with Crippen LogP contribution >= 0.6 is 15.9 Å². The highest BCUT2D eigenvalue weighted by atomic mass is 79.9. The van der Waals surface area contributed by atoms with Crippen LogP contribution < -0.4 is 0 Å². The molecule has 4 heteroatoms. The molecule has 0 bridgehead atoms. The fourth-order valence-electron chi connectivity index (χ4n) is 0.639. The van der Waals surface area contributed by atoms with Gasteiger partial charge in [-0.15, -0.1) is 0 Å². The maximum absolute atomic E-state index is 8.46. The van der Waals surface area contributed by atoms with Crippen LogP contribution in [0.25, 0.3) is 0 Å². The van der Waals surface area contributed by atoms with Crippen molar-refractivity contribution in [2.75, 3.05) is 0 Å². The van der Waals surface area contributed by atoms with Crippen molar-refractivity contribution in [1.29, 1.82) is 5.26 Å². The minimum atomic E-state index is 0.428. The van der Waals surface area contributed by atoms with Crippen LogP contribution in [0.2, 0.25) is 0 Å². The normalized spacial score (nSPS) is 9.30. The average molecular weight is 200 g/mol. The van der Waals surface area contributed by atoms with Crippen LogP contribution in [0.4, 0.5) is 0 Å². The maximum Gasteiger partial charge on any atom is 0.173 e. The summed E-state index contributed by atoms with van der Waals surface area (Å²) in [6.45, 7) is 1.98. The minimum Gasteiger partial charge on any atom is -0.336 e. The van der Waals surface area contributed by atoms with Crippen LogP contribution in [0.15, 0.2) is 4.60 Å². The van der Waals surface area contributed by atoms with Crippen molar-refractivity contribution in [3.05, 3.63) is 16.1 Å². The third-order valence-corrected chi connectivity index (χ3v) is 1.72. The summed E-state index contributed by atoms with van der Waals surface area (Å²) in [6.07, 6.45) is 0.820. The van der Waals surface area contributed by atoms with E-state index in [0.717, 1.165) is 12.2 Å². The standard InChI is InChI=1S/C6H6BrN3/c1-2-5-9-4(3-8)6(7)10-5/h2H2,1H3,(H,9,10). The maximum atomic E-state index is 8.46. The number of aromatic nitrogens is 2. The number of H-pyrrole nitrogens is 1. The zero-order chi connectivity index (χ0) is 7.56. The molecule has 0 aromatic carbocycles. The first-order chi connectivity index (χ1) is 4.77. The Bertz CT molecular complexity index is 271. The number of imidazole rings is 1. The van der Waals surface area contributed by atoms with E-state index in [1.807, 2.05) is 13.0 Å². The summed E-state index contributed by atoms with van der Waals surface area (Å²) in [4.78, 5) is 6.91. The van der Waals surface area contributed by atoms with Gasteiger partial charge in [0.15, 0.2) is 5.69 Å². The zero-order valence-corrected chi connectivity index (χ0v) is 7.07. The van der Waals surface area contributed by atoms with Crippen molar-refractivity contribution >= 4 is 15.9 Å². The number of halogens is 1. The van der Waals surface area contributed by atoms with Crippen LogP contribution in [0, 0.1) is 11.3 Å². The second-order valence-corrected chi connectivity index (χ2v) is 2.60. The average Bonchev–Trinajstić information content (AvgIpc) is 2.30. The predicted octanol–water partition coefficient (Wildman–Crippen LogP) is 1.61. The summed E-state index contributed by atoms with van der Waals surface area (Å²) in [5, 5.41) is 8.46. The van der Waals surface area contributed by atoms with Gasteiger partial charge < -0.3 is 4.98 Å². The Morgan fingerprint density at radius 3 is 2.80 bits per heavy atom. The second kappa shape index (κ2) is 2.84. The molecule has 1 aromatic heterocycles. The Morgan fingerprint density at radius 2 is 2.50 bits per heavy atom. The van der Waals surface area contributed by atoms with Gasteiger partial charge in [-0.1, -0.05) is 6.92 Å². The fourth-order valence-corrected chi connectivity index (χ4v) is 1.05. The quantitative estimate of drug-likeness (QED) is 0.748. The van der Waals surface area contributed by atoms with E-state index in [1.165, 1.54) is 0 Å². The summed E-state index contributed by atoms with van der Waals surface area (Å²) in [7, 11) is 0. The lowest BCUT2D eigenvalue weighted by Crippen LogP contribution is -1.80. The molecule has 0 saturated carbocycles. The molecule has 0 unspecified atom stereocenters. The van der Waals surface area contributed by atoms with Crippen molar-refractivity contribution in [2.45, 2.75) is 13.3 Å². The molecule has 0 aliphatic carbocycles. The van der Waals surface area contributed by atoms with Crippen molar-refractivity contribution < 1.29 is 0 Å². The van der Waals surface area contributed by atoms with Gasteiger partial charge in [0, 0.05) is 6.42 Å². The predicted molar refractivity (Wildman–Crippen MR) is 40.4 cm³/mol. The molecule has 3 nitrogen and oxygen atoms in total. The molecule has 1 N–H and O–H groups in total. The van der Waals surface area contributed by atoms with E-state index in [2.05, 4.69) is 25.9 Å². The van der Waals surface area contributed by atoms with Gasteiger partial charge in [-0.05, 0) is 15.9 Å². The van der Waals surface area contributed by atoms with Crippen molar-refractivity contribution in [3.8, 4) is 6.07 Å². The molecule has 0 aliphatic heterocycles. The molecule has 1 rings (SSSR count). The lowest BCUT2D eigenvalue weighted by atomic mass is 10.5. The van der Waals surface area contributed by atoms with Crippen LogP contribution in [0.3, 0.4) is 0 Å². The first kappa shape index (κ1) is 7.29. The van der Waals surface area contributed by atoms with Gasteiger partial charge in [-0.3, -0.25) is 0 Å². The van der Waals surface area contributed by atoms with E-state index < -0.39 is 0 Å². The number of rotatable bonds is 1. The van der Waals surface area contributed by atoms with E-state index in [1.54, 1.807) is 0 Å². The molecule has 0 aliphatic rings. The smallest absolute Gasteiger partial charge is 0.173 e. The summed E-state index contributed by atoms with van der Waals surface area (Å²) in [5.74, 6) is 0.837. The number of nitriles is 1. The summed E-state index contributed by atoms with van der Waals surface area (Å²) < 4.78 is 0.673. The van der Waals surface area contributed by atoms with Crippen LogP contribution in [0.5, 0.6) is 0 Å². The third-order valence-electron chi connectivity index (χ3n) is 1.15. The molecule has 52 valence electrons. The molecular formula is C6H6BrN3. The van der Waals surface area contributed by atoms with Gasteiger partial charge >= 0.3 is 0 Å². The highest BCUT2D eigenvalue weighted by Crippen LogP contribution is 2.11. The summed E-state index contributed by atoms with van der Waals surface area (Å²) in [5.41, 5.74) is 0.428. The van der Waals surface area contributed by atoms with Crippen LogP contribution in [0.1, 0.15) is 18.4 Å². The number of aromatic amines is 1. The Morgan fingerprint density at radius 1 is 1.80 bits per heavy atom. The lowest BCUT2D eigenvalue weighted by molar-refractivity contribution is 0.984. The molecule has 1 aromatic rings. The van der Waals surface area contributed by atoms with Crippen molar-refractivity contribution in [2.24, 2.45) is 0 Å². The van der Waals surface area contributed by atoms with E-state index >= 15 is 0 Å². The molecule has 0 atom stereocenters. The van der Waals surface area contributed by atoms with Crippen LogP contribution in [-0.2, 0) is 6.42 Å². The first-order valence-electron chi connectivity index (χ1n) is 2.92. The summed E-state index contributed by atoms with van der Waals surface area (Å²) >= 11 is 3.18. The minimum absolute atomic E-state index is 0.428. The Balaban J connectivity index is 3.07. The van der Waals surface area contributed by atoms with E-state index in [-0.39, 0.29) is 0 Å². The lowest BCUT2D eigenvalue weighted by Gasteiger charge is -1.80. The van der Waals surface area contributed by atoms with Gasteiger partial charge in [-0.25, -0.2) is 4.98 Å². The monoisotopic (exact) mass is 199 g/mol. The van der Waals surface area contributed by atoms with Crippen LogP contribution in [-0.4, -0.2) is 9.97 Å². The molecule has 0 saturated heterocycles. The van der Waals surface area contributed by atoms with E-state index in [9.17, 15) is 0 Å². The highest BCUT2D eigenvalue weighted by molar-refractivity contribution is 9.10. The topological polar surface area (TPSA) is 52.5 Å². The Hall–Kier alpha value is -0.820. The highest BCUT2D eigenvalue weighted by Gasteiger charge is 2.03. The summed E-state index contributed by atoms with van der Waals surface area (Å²) in [6, 6.07) is 1.96. The molecule has 0 spiro atoms. The molecule has 1 heterocycles. The van der Waals surface area contributed by atoms with Gasteiger partial charge in [0.25, 0.3) is 0 Å². The Labute approximate surface area is 67.2 Å². The molecule has 0 fully saturated rings. The van der Waals surface area contributed by atoms with Gasteiger partial charge in [0.1, 0.15) is 16.5 Å². The second-order valence-electron chi connectivity index (χ2n) is 1.81. The van der Waals surface area contributed by atoms with Crippen molar-refractivity contribution in [3.63, 3.8) is 0 Å². The largest absolute Gasteiger partial charge is 0.336 e. The number of nitrogens with one attached hydrogen (secondary N) is 1. The number of nitrogens with zero attached hydrogens (tertiary/aromatic N) is 2. The molecule has 0 amide bonds. The van der Waals surface area contributed by atoms with Gasteiger partial charge in [0.2, 0.25) is 0 Å². The molecule has 0 radical (unpaired) electrons. The Kier molecular flexibility index (Phi) is 2.07. The van der Waals surface area contributed by atoms with E-state index in [0.29, 0.717) is 10.3 Å². The SMILES string of the molecule is CCc1nc(C#N)c(Br)[nH]1. The number of aryl methyl sites for hydroxylation is 1. The molecule has 10 heavy (non-hydrogen) atoms. The fraction of sp³-hybridized carbons (Fsp3) is 0.333. The van der Waals surface area contributed by atoms with Gasteiger partial charge in [0.05, 0.1) is 0 Å². The third kappa shape index (κ3) is 1.19. The number of hydrogen-bond acceptors (Lipinski definition) is 2. The molecular weight excluding hydrogens is 194 g/mol. The van der Waals surface area contributed by atoms with Gasteiger partial charge in [-0.2, -0.15) is 5.26 Å².